The molecule has 30 heavy (non-hydrogen) atoms. The van der Waals surface area contributed by atoms with Crippen molar-refractivity contribution in [2.24, 2.45) is 0 Å². The lowest BCUT2D eigenvalue weighted by Gasteiger charge is -2.28. The molecule has 5 rings (SSSR count). The van der Waals surface area contributed by atoms with E-state index in [1.54, 1.807) is 0 Å². The Balaban J connectivity index is 1.46. The molecule has 2 aromatic heterocycles. The molecular weight excluding hydrogens is 390 g/mol. The van der Waals surface area contributed by atoms with Crippen molar-refractivity contribution in [3.05, 3.63) is 59.0 Å². The van der Waals surface area contributed by atoms with E-state index in [4.69, 9.17) is 0 Å². The van der Waals surface area contributed by atoms with Gasteiger partial charge in [0.25, 0.3) is 0 Å². The van der Waals surface area contributed by atoms with Gasteiger partial charge < -0.3 is 15.3 Å². The Kier molecular flexibility index (Phi) is 4.82. The molecule has 1 aliphatic heterocycles. The number of hydrogen-bond acceptors (Lipinski definition) is 6. The summed E-state index contributed by atoms with van der Waals surface area (Å²) in [5, 5.41) is 20.6. The lowest BCUT2D eigenvalue weighted by atomic mass is 10.0. The van der Waals surface area contributed by atoms with E-state index in [1.807, 2.05) is 11.0 Å². The second kappa shape index (κ2) is 7.64. The molecular formula is C21H22F2N6O. The molecule has 0 bridgehead atoms. The average molecular weight is 412 g/mol. The van der Waals surface area contributed by atoms with Crippen LogP contribution >= 0.6 is 0 Å². The molecule has 1 atom stereocenters. The zero-order chi connectivity index (χ0) is 20.7. The summed E-state index contributed by atoms with van der Waals surface area (Å²) in [6.45, 7) is 0.368. The summed E-state index contributed by atoms with van der Waals surface area (Å²) in [7, 11) is 0. The molecule has 1 unspecified atom stereocenters. The van der Waals surface area contributed by atoms with Crippen LogP contribution in [0.1, 0.15) is 54.5 Å². The van der Waals surface area contributed by atoms with Crippen LogP contribution < -0.4 is 10.2 Å². The summed E-state index contributed by atoms with van der Waals surface area (Å²) in [6, 6.07) is 5.32. The molecule has 0 amide bonds. The van der Waals surface area contributed by atoms with E-state index in [-0.39, 0.29) is 12.6 Å². The van der Waals surface area contributed by atoms with Crippen LogP contribution in [-0.2, 0) is 6.61 Å². The van der Waals surface area contributed by atoms with Gasteiger partial charge in [-0.3, -0.25) is 5.10 Å². The quantitative estimate of drug-likeness (QED) is 0.568. The van der Waals surface area contributed by atoms with Crippen molar-refractivity contribution in [1.82, 2.24) is 20.2 Å². The molecule has 9 heteroatoms. The Morgan fingerprint density at radius 1 is 1.17 bits per heavy atom. The highest BCUT2D eigenvalue weighted by Gasteiger charge is 2.32. The van der Waals surface area contributed by atoms with E-state index < -0.39 is 11.6 Å². The number of nitrogens with zero attached hydrogens (tertiary/aromatic N) is 4. The van der Waals surface area contributed by atoms with E-state index in [1.165, 1.54) is 18.5 Å². The van der Waals surface area contributed by atoms with Gasteiger partial charge in [0, 0.05) is 35.9 Å². The third-order valence-electron chi connectivity index (χ3n) is 5.79. The first-order valence-corrected chi connectivity index (χ1v) is 10.1. The molecule has 2 aliphatic rings. The number of aliphatic hydroxyl groups is 1. The van der Waals surface area contributed by atoms with Gasteiger partial charge in [0.2, 0.25) is 0 Å². The molecule has 3 N–H and O–H groups in total. The number of aromatic nitrogens is 4. The topological polar surface area (TPSA) is 90.0 Å². The molecule has 156 valence electrons. The predicted molar refractivity (Wildman–Crippen MR) is 107 cm³/mol. The highest BCUT2D eigenvalue weighted by molar-refractivity contribution is 5.64. The highest BCUT2D eigenvalue weighted by atomic mass is 19.1. The van der Waals surface area contributed by atoms with Crippen molar-refractivity contribution in [3.8, 4) is 0 Å². The van der Waals surface area contributed by atoms with Gasteiger partial charge in [0.05, 0.1) is 18.2 Å². The third kappa shape index (κ3) is 3.49. The molecule has 7 nitrogen and oxygen atoms in total. The SMILES string of the molecule is OCc1c(Nc2cc(C3CC3)[nH]n2)ncnc1N1CCCC1c1ccc(F)cc1F. The number of rotatable bonds is 6. The minimum absolute atomic E-state index is 0.284. The number of aliphatic hydroxyl groups excluding tert-OH is 1. The lowest BCUT2D eigenvalue weighted by molar-refractivity contribution is 0.281. The largest absolute Gasteiger partial charge is 0.391 e. The fraction of sp³-hybridized carbons (Fsp3) is 0.381. The first kappa shape index (κ1) is 18.9. The van der Waals surface area contributed by atoms with E-state index in [9.17, 15) is 13.9 Å². The van der Waals surface area contributed by atoms with Crippen molar-refractivity contribution >= 4 is 17.5 Å². The standard InChI is InChI=1S/C21H22F2N6O/c22-13-5-6-14(16(23)8-13)18-2-1-7-29(18)21-15(10-30)20(24-11-25-21)26-19-9-17(27-28-19)12-3-4-12/h5-6,8-9,11-12,18,30H,1-4,7,10H2,(H2,24,25,26,27,28). The second-order valence-electron chi connectivity index (χ2n) is 7.81. The summed E-state index contributed by atoms with van der Waals surface area (Å²) < 4.78 is 27.8. The monoisotopic (exact) mass is 412 g/mol. The van der Waals surface area contributed by atoms with Gasteiger partial charge in [0.15, 0.2) is 5.82 Å². The molecule has 2 fully saturated rings. The number of nitrogens with one attached hydrogen (secondary N) is 2. The number of halogens is 2. The van der Waals surface area contributed by atoms with Crippen LogP contribution in [0.3, 0.4) is 0 Å². The normalized spacial score (nSPS) is 18.8. The smallest absolute Gasteiger partial charge is 0.153 e. The molecule has 0 spiro atoms. The van der Waals surface area contributed by atoms with Crippen LogP contribution in [0.4, 0.5) is 26.2 Å². The van der Waals surface area contributed by atoms with Crippen LogP contribution in [0.5, 0.6) is 0 Å². The Morgan fingerprint density at radius 2 is 2.03 bits per heavy atom. The summed E-state index contributed by atoms with van der Waals surface area (Å²) in [5.41, 5.74) is 2.03. The fourth-order valence-electron chi connectivity index (χ4n) is 4.14. The number of aromatic amines is 1. The lowest BCUT2D eigenvalue weighted by Crippen LogP contribution is -2.26. The zero-order valence-corrected chi connectivity index (χ0v) is 16.3. The van der Waals surface area contributed by atoms with E-state index in [0.717, 1.165) is 31.0 Å². The Bertz CT molecular complexity index is 1070. The Hall–Kier alpha value is -3.07. The minimum Gasteiger partial charge on any atom is -0.391 e. The van der Waals surface area contributed by atoms with Crippen molar-refractivity contribution in [3.63, 3.8) is 0 Å². The van der Waals surface area contributed by atoms with Crippen molar-refractivity contribution in [1.29, 1.82) is 0 Å². The molecule has 1 aliphatic carbocycles. The van der Waals surface area contributed by atoms with Crippen LogP contribution in [0.15, 0.2) is 30.6 Å². The molecule has 3 aromatic rings. The zero-order valence-electron chi connectivity index (χ0n) is 16.3. The summed E-state index contributed by atoms with van der Waals surface area (Å²) in [6.07, 6.45) is 5.30. The van der Waals surface area contributed by atoms with E-state index in [0.29, 0.717) is 47.5 Å². The van der Waals surface area contributed by atoms with Crippen molar-refractivity contribution < 1.29 is 13.9 Å². The predicted octanol–water partition coefficient (Wildman–Crippen LogP) is 3.93. The van der Waals surface area contributed by atoms with Crippen molar-refractivity contribution in [2.45, 2.75) is 44.2 Å². The maximum Gasteiger partial charge on any atom is 0.153 e. The number of anilines is 3. The van der Waals surface area contributed by atoms with Gasteiger partial charge in [-0.1, -0.05) is 6.07 Å². The van der Waals surface area contributed by atoms with Gasteiger partial charge in [-0.25, -0.2) is 18.7 Å². The molecule has 1 saturated heterocycles. The maximum atomic E-state index is 14.4. The fourth-order valence-corrected chi connectivity index (χ4v) is 4.14. The number of H-pyrrole nitrogens is 1. The van der Waals surface area contributed by atoms with Crippen LogP contribution in [0, 0.1) is 11.6 Å². The van der Waals surface area contributed by atoms with E-state index in [2.05, 4.69) is 25.5 Å². The second-order valence-corrected chi connectivity index (χ2v) is 7.81. The molecule has 1 saturated carbocycles. The first-order chi connectivity index (χ1) is 14.6. The maximum absolute atomic E-state index is 14.4. The van der Waals surface area contributed by atoms with Gasteiger partial charge in [-0.05, 0) is 31.7 Å². The van der Waals surface area contributed by atoms with Crippen LogP contribution in [-0.4, -0.2) is 31.8 Å². The van der Waals surface area contributed by atoms with E-state index >= 15 is 0 Å². The first-order valence-electron chi connectivity index (χ1n) is 10.1. The Morgan fingerprint density at radius 3 is 2.80 bits per heavy atom. The molecule has 1 aromatic carbocycles. The average Bonchev–Trinajstić information content (AvgIpc) is 3.29. The summed E-state index contributed by atoms with van der Waals surface area (Å²) in [5.74, 6) is 0.991. The van der Waals surface area contributed by atoms with Crippen LogP contribution in [0.25, 0.3) is 0 Å². The van der Waals surface area contributed by atoms with Crippen molar-refractivity contribution in [2.75, 3.05) is 16.8 Å². The Labute approximate surface area is 172 Å². The summed E-state index contributed by atoms with van der Waals surface area (Å²) >= 11 is 0. The summed E-state index contributed by atoms with van der Waals surface area (Å²) in [4.78, 5) is 10.6. The van der Waals surface area contributed by atoms with Gasteiger partial charge >= 0.3 is 0 Å². The number of hydrogen-bond donors (Lipinski definition) is 3. The van der Waals surface area contributed by atoms with Gasteiger partial charge in [0.1, 0.15) is 29.6 Å². The minimum atomic E-state index is -0.602. The number of benzene rings is 1. The third-order valence-corrected chi connectivity index (χ3v) is 5.79. The highest BCUT2D eigenvalue weighted by Crippen LogP contribution is 2.41. The van der Waals surface area contributed by atoms with Gasteiger partial charge in [-0.2, -0.15) is 5.10 Å². The molecule has 0 radical (unpaired) electrons. The molecule has 3 heterocycles. The van der Waals surface area contributed by atoms with Gasteiger partial charge in [-0.15, -0.1) is 0 Å². The van der Waals surface area contributed by atoms with Crippen LogP contribution in [0.2, 0.25) is 0 Å².